The maximum absolute atomic E-state index is 12.6. The molecule has 0 unspecified atom stereocenters. The second-order valence-electron chi connectivity index (χ2n) is 5.90. The van der Waals surface area contributed by atoms with Crippen LogP contribution in [0.4, 0.5) is 0 Å². The Morgan fingerprint density at radius 3 is 2.77 bits per heavy atom. The Balaban J connectivity index is 1.72. The van der Waals surface area contributed by atoms with Crippen molar-refractivity contribution in [1.29, 1.82) is 0 Å². The summed E-state index contributed by atoms with van der Waals surface area (Å²) >= 11 is 3.56. The highest BCUT2D eigenvalue weighted by molar-refractivity contribution is 9.10. The van der Waals surface area contributed by atoms with E-state index < -0.39 is 0 Å². The van der Waals surface area contributed by atoms with Gasteiger partial charge in [0.05, 0.1) is 44.0 Å². The Morgan fingerprint density at radius 1 is 1.31 bits per heavy atom. The summed E-state index contributed by atoms with van der Waals surface area (Å²) in [6, 6.07) is 9.56. The lowest BCUT2D eigenvalue weighted by molar-refractivity contribution is -0.121. The molecule has 1 aliphatic rings. The van der Waals surface area contributed by atoms with Gasteiger partial charge in [-0.2, -0.15) is 0 Å². The molecule has 2 aromatic rings. The second kappa shape index (κ2) is 8.42. The van der Waals surface area contributed by atoms with Gasteiger partial charge in [0.2, 0.25) is 11.8 Å². The van der Waals surface area contributed by atoms with E-state index in [0.717, 1.165) is 21.2 Å². The number of carbonyl (C=O) groups excluding carboxylic acids is 1. The maximum Gasteiger partial charge on any atom is 0.226 e. The summed E-state index contributed by atoms with van der Waals surface area (Å²) in [5, 5.41) is 3.02. The number of aliphatic imine (C=N–C) groups is 1. The number of amides is 1. The van der Waals surface area contributed by atoms with Crippen LogP contribution < -0.4 is 5.32 Å². The number of halogens is 1. The normalized spacial score (nSPS) is 13.7. The van der Waals surface area contributed by atoms with Gasteiger partial charge in [0, 0.05) is 23.3 Å². The third-order valence-electron chi connectivity index (χ3n) is 4.20. The minimum absolute atomic E-state index is 0.116. The topological polar surface area (TPSA) is 72.8 Å². The number of ether oxygens (including phenoxy) is 2. The van der Waals surface area contributed by atoms with Crippen molar-refractivity contribution in [2.75, 3.05) is 20.8 Å². The van der Waals surface area contributed by atoms with Gasteiger partial charge in [-0.1, -0.05) is 30.3 Å². The molecule has 0 fully saturated rings. The monoisotopic (exact) mass is 417 g/mol. The summed E-state index contributed by atoms with van der Waals surface area (Å²) in [4.78, 5) is 21.3. The van der Waals surface area contributed by atoms with Crippen molar-refractivity contribution in [1.82, 2.24) is 10.3 Å². The van der Waals surface area contributed by atoms with Crippen LogP contribution >= 0.6 is 15.9 Å². The predicted molar refractivity (Wildman–Crippen MR) is 102 cm³/mol. The molecule has 6 nitrogen and oxygen atoms in total. The highest BCUT2D eigenvalue weighted by atomic mass is 79.9. The summed E-state index contributed by atoms with van der Waals surface area (Å²) in [5.74, 6) is 0.461. The smallest absolute Gasteiger partial charge is 0.226 e. The Hall–Kier alpha value is -2.25. The lowest BCUT2D eigenvalue weighted by atomic mass is 10.1. The molecule has 1 N–H and O–H groups in total. The molecule has 7 heteroatoms. The number of nitrogens with one attached hydrogen (secondary N) is 1. The molecular formula is C19H20BrN3O3. The zero-order chi connectivity index (χ0) is 18.5. The largest absolute Gasteiger partial charge is 0.481 e. The molecule has 1 atom stereocenters. The zero-order valence-electron chi connectivity index (χ0n) is 14.7. The minimum Gasteiger partial charge on any atom is -0.481 e. The van der Waals surface area contributed by atoms with E-state index in [1.54, 1.807) is 20.4 Å². The summed E-state index contributed by atoms with van der Waals surface area (Å²) < 4.78 is 11.3. The predicted octanol–water partition coefficient (Wildman–Crippen LogP) is 2.80. The summed E-state index contributed by atoms with van der Waals surface area (Å²) in [7, 11) is 3.21. The first-order valence-electron chi connectivity index (χ1n) is 8.22. The van der Waals surface area contributed by atoms with Crippen LogP contribution in [0.1, 0.15) is 28.4 Å². The van der Waals surface area contributed by atoms with Gasteiger partial charge in [0.15, 0.2) is 0 Å². The molecule has 1 aliphatic heterocycles. The molecule has 0 saturated heterocycles. The third kappa shape index (κ3) is 3.94. The number of nitrogens with zero attached hydrogens (tertiary/aromatic N) is 2. The molecule has 3 rings (SSSR count). The molecule has 1 aromatic carbocycles. The van der Waals surface area contributed by atoms with Crippen molar-refractivity contribution in [3.8, 4) is 0 Å². The van der Waals surface area contributed by atoms with E-state index in [2.05, 4.69) is 31.2 Å². The van der Waals surface area contributed by atoms with E-state index in [9.17, 15) is 4.79 Å². The van der Waals surface area contributed by atoms with Crippen LogP contribution in [0.2, 0.25) is 0 Å². The summed E-state index contributed by atoms with van der Waals surface area (Å²) in [6.45, 7) is 0.923. The van der Waals surface area contributed by atoms with Crippen LogP contribution in [0.5, 0.6) is 0 Å². The van der Waals surface area contributed by atoms with E-state index in [4.69, 9.17) is 9.47 Å². The second-order valence-corrected chi connectivity index (χ2v) is 6.69. The quantitative estimate of drug-likeness (QED) is 0.783. The molecule has 1 amide bonds. The first-order valence-corrected chi connectivity index (χ1v) is 9.01. The SMILES string of the molecule is COC[C@@H](NC(=O)Cc1ncc2c(c1Br)CN=C2OC)c1ccccc1. The molecule has 0 saturated carbocycles. The lowest BCUT2D eigenvalue weighted by Crippen LogP contribution is -2.32. The fourth-order valence-electron chi connectivity index (χ4n) is 2.91. The van der Waals surface area contributed by atoms with Crippen molar-refractivity contribution in [2.45, 2.75) is 19.0 Å². The van der Waals surface area contributed by atoms with E-state index in [-0.39, 0.29) is 18.4 Å². The molecule has 26 heavy (non-hydrogen) atoms. The number of methoxy groups -OCH3 is 2. The van der Waals surface area contributed by atoms with Crippen LogP contribution in [0.3, 0.4) is 0 Å². The van der Waals surface area contributed by atoms with Crippen molar-refractivity contribution in [3.63, 3.8) is 0 Å². The van der Waals surface area contributed by atoms with Gasteiger partial charge < -0.3 is 14.8 Å². The fourth-order valence-corrected chi connectivity index (χ4v) is 3.49. The average molecular weight is 418 g/mol. The highest BCUT2D eigenvalue weighted by Crippen LogP contribution is 2.29. The van der Waals surface area contributed by atoms with Crippen LogP contribution in [0, 0.1) is 0 Å². The summed E-state index contributed by atoms with van der Waals surface area (Å²) in [6.07, 6.45) is 1.88. The number of aromatic nitrogens is 1. The van der Waals surface area contributed by atoms with Gasteiger partial charge in [0.25, 0.3) is 0 Å². The van der Waals surface area contributed by atoms with Crippen LogP contribution in [-0.4, -0.2) is 37.6 Å². The minimum atomic E-state index is -0.203. The van der Waals surface area contributed by atoms with Gasteiger partial charge in [0.1, 0.15) is 0 Å². The lowest BCUT2D eigenvalue weighted by Gasteiger charge is -2.18. The van der Waals surface area contributed by atoms with E-state index in [0.29, 0.717) is 24.7 Å². The number of hydrogen-bond donors (Lipinski definition) is 1. The standard InChI is InChI=1S/C19H20BrN3O3/c1-25-11-16(12-6-4-3-5-7-12)23-17(24)8-15-18(20)13-9-22-19(26-2)14(13)10-21-15/h3-7,10,16H,8-9,11H2,1-2H3,(H,23,24)/t16-/m1/s1. The molecule has 1 aromatic heterocycles. The van der Waals surface area contributed by atoms with Gasteiger partial charge >= 0.3 is 0 Å². The molecule has 0 bridgehead atoms. The first kappa shape index (κ1) is 18.5. The molecule has 2 heterocycles. The van der Waals surface area contributed by atoms with Crippen LogP contribution in [0.25, 0.3) is 0 Å². The van der Waals surface area contributed by atoms with Gasteiger partial charge in [-0.15, -0.1) is 0 Å². The Bertz CT molecular complexity index is 824. The first-order chi connectivity index (χ1) is 12.6. The molecule has 0 aliphatic carbocycles. The van der Waals surface area contributed by atoms with Crippen LogP contribution in [-0.2, 0) is 27.2 Å². The number of fused-ring (bicyclic) bond motifs is 1. The number of hydrogen-bond acceptors (Lipinski definition) is 5. The molecule has 0 spiro atoms. The van der Waals surface area contributed by atoms with Crippen molar-refractivity contribution < 1.29 is 14.3 Å². The number of rotatable bonds is 6. The number of carbonyl (C=O) groups is 1. The maximum atomic E-state index is 12.6. The highest BCUT2D eigenvalue weighted by Gasteiger charge is 2.23. The zero-order valence-corrected chi connectivity index (χ0v) is 16.2. The van der Waals surface area contributed by atoms with Crippen molar-refractivity contribution in [3.05, 3.63) is 63.4 Å². The fraction of sp³-hybridized carbons (Fsp3) is 0.316. The molecule has 136 valence electrons. The Kier molecular flexibility index (Phi) is 6.00. The van der Waals surface area contributed by atoms with Crippen LogP contribution in [0.15, 0.2) is 46.0 Å². The van der Waals surface area contributed by atoms with Crippen molar-refractivity contribution in [2.24, 2.45) is 4.99 Å². The van der Waals surface area contributed by atoms with Gasteiger partial charge in [-0.05, 0) is 21.5 Å². The summed E-state index contributed by atoms with van der Waals surface area (Å²) in [5.41, 5.74) is 3.54. The van der Waals surface area contributed by atoms with E-state index in [1.165, 1.54) is 0 Å². The van der Waals surface area contributed by atoms with Gasteiger partial charge in [-0.3, -0.25) is 9.78 Å². The van der Waals surface area contributed by atoms with E-state index in [1.807, 2.05) is 30.3 Å². The molecule has 0 radical (unpaired) electrons. The number of pyridine rings is 1. The van der Waals surface area contributed by atoms with Gasteiger partial charge in [-0.25, -0.2) is 4.99 Å². The number of benzene rings is 1. The Morgan fingerprint density at radius 2 is 2.08 bits per heavy atom. The van der Waals surface area contributed by atoms with E-state index >= 15 is 0 Å². The average Bonchev–Trinajstić information content (AvgIpc) is 3.08. The third-order valence-corrected chi connectivity index (χ3v) is 5.13. The molecular weight excluding hydrogens is 398 g/mol. The van der Waals surface area contributed by atoms with Crippen molar-refractivity contribution >= 4 is 27.7 Å². The Labute approximate surface area is 160 Å².